The van der Waals surface area contributed by atoms with Crippen molar-refractivity contribution < 1.29 is 24.0 Å². The predicted molar refractivity (Wildman–Crippen MR) is 141 cm³/mol. The Hall–Kier alpha value is -4.43. The first kappa shape index (κ1) is 24.3. The highest BCUT2D eigenvalue weighted by molar-refractivity contribution is 6.31. The molecule has 5 rings (SSSR count). The van der Waals surface area contributed by atoms with Gasteiger partial charge in [-0.1, -0.05) is 59.2 Å². The Morgan fingerprint density at radius 1 is 1.11 bits per heavy atom. The maximum Gasteiger partial charge on any atom is 0.412 e. The summed E-state index contributed by atoms with van der Waals surface area (Å²) >= 11 is 6.22. The molecule has 0 aliphatic carbocycles. The van der Waals surface area contributed by atoms with Crippen molar-refractivity contribution in [2.75, 3.05) is 5.32 Å². The summed E-state index contributed by atoms with van der Waals surface area (Å²) < 4.78 is 11.1. The quantitative estimate of drug-likeness (QED) is 0.235. The molecule has 0 aliphatic heterocycles. The molecule has 0 bridgehead atoms. The highest BCUT2D eigenvalue weighted by Gasteiger charge is 2.21. The lowest BCUT2D eigenvalue weighted by atomic mass is 10.0. The van der Waals surface area contributed by atoms with Crippen LogP contribution in [-0.2, 0) is 16.0 Å². The van der Waals surface area contributed by atoms with Gasteiger partial charge in [-0.3, -0.25) is 15.1 Å². The molecule has 3 aromatic carbocycles. The summed E-state index contributed by atoms with van der Waals surface area (Å²) in [7, 11) is 0. The number of hydrogen-bond acceptors (Lipinski definition) is 6. The number of nitrogens with zero attached hydrogens (tertiary/aromatic N) is 2. The summed E-state index contributed by atoms with van der Waals surface area (Å²) in [5.74, 6) is -0.507. The third-order valence-corrected chi connectivity index (χ3v) is 6.43. The van der Waals surface area contributed by atoms with Crippen LogP contribution in [0.2, 0.25) is 5.02 Å². The number of carboxylic acids is 1. The van der Waals surface area contributed by atoms with Crippen molar-refractivity contribution in [3.8, 4) is 11.3 Å². The third-order valence-electron chi connectivity index (χ3n) is 6.08. The first-order valence-corrected chi connectivity index (χ1v) is 11.9. The second-order valence-corrected chi connectivity index (χ2v) is 9.06. The molecule has 1 unspecified atom stereocenters. The summed E-state index contributed by atoms with van der Waals surface area (Å²) in [4.78, 5) is 28.3. The number of aromatic nitrogens is 2. The maximum absolute atomic E-state index is 12.7. The third kappa shape index (κ3) is 4.96. The van der Waals surface area contributed by atoms with E-state index in [0.717, 1.165) is 16.2 Å². The van der Waals surface area contributed by atoms with E-state index in [2.05, 4.69) is 15.5 Å². The number of amides is 1. The highest BCUT2D eigenvalue weighted by atomic mass is 35.5. The fourth-order valence-electron chi connectivity index (χ4n) is 4.27. The second kappa shape index (κ2) is 9.91. The van der Waals surface area contributed by atoms with E-state index < -0.39 is 18.2 Å². The van der Waals surface area contributed by atoms with Crippen LogP contribution in [0.5, 0.6) is 0 Å². The number of aliphatic carboxylic acids is 1. The van der Waals surface area contributed by atoms with Crippen molar-refractivity contribution in [3.63, 3.8) is 0 Å². The Kier molecular flexibility index (Phi) is 6.50. The molecule has 2 heterocycles. The Balaban J connectivity index is 1.42. The zero-order valence-electron chi connectivity index (χ0n) is 20.0. The second-order valence-electron chi connectivity index (χ2n) is 8.65. The number of carboxylic acid groups (broad SMARTS) is 1. The fourth-order valence-corrected chi connectivity index (χ4v) is 4.56. The van der Waals surface area contributed by atoms with E-state index in [1.165, 1.54) is 0 Å². The summed E-state index contributed by atoms with van der Waals surface area (Å²) in [6.07, 6.45) is 0.437. The van der Waals surface area contributed by atoms with E-state index in [1.54, 1.807) is 38.2 Å². The topological polar surface area (TPSA) is 115 Å². The van der Waals surface area contributed by atoms with E-state index >= 15 is 0 Å². The van der Waals surface area contributed by atoms with Gasteiger partial charge in [-0.05, 0) is 43.0 Å². The van der Waals surface area contributed by atoms with Gasteiger partial charge in [0.15, 0.2) is 5.76 Å². The standard InChI is InChI=1S/C28H22ClN3O5/c1-15-26(31-28(35)36-16(2)20-5-3-4-6-23(20)29)27(37-32-15)18-8-10-22-21-9-7-17(12-25(33)34)11-19(21)14-30-24(22)13-18/h3-11,13-14,16H,12H2,1-2H3,(H,31,35)(H,33,34). The average molecular weight is 516 g/mol. The molecule has 2 aromatic heterocycles. The van der Waals surface area contributed by atoms with Crippen LogP contribution in [0.15, 0.2) is 71.4 Å². The first-order chi connectivity index (χ1) is 17.8. The Morgan fingerprint density at radius 3 is 2.68 bits per heavy atom. The highest BCUT2D eigenvalue weighted by Crippen LogP contribution is 2.35. The number of fused-ring (bicyclic) bond motifs is 3. The van der Waals surface area contributed by atoms with Gasteiger partial charge in [-0.15, -0.1) is 0 Å². The number of halogens is 1. The Bertz CT molecular complexity index is 1660. The molecular formula is C28H22ClN3O5. The number of carbonyl (C=O) groups is 2. The van der Waals surface area contributed by atoms with E-state index in [4.69, 9.17) is 26.0 Å². The van der Waals surface area contributed by atoms with Crippen LogP contribution in [0, 0.1) is 6.92 Å². The SMILES string of the molecule is Cc1noc(-c2ccc3c(c2)ncc2cc(CC(=O)O)ccc23)c1NC(=O)OC(C)c1ccccc1Cl. The zero-order valence-corrected chi connectivity index (χ0v) is 20.7. The van der Waals surface area contributed by atoms with Crippen molar-refractivity contribution in [1.82, 2.24) is 10.1 Å². The normalized spacial score (nSPS) is 12.0. The van der Waals surface area contributed by atoms with Crippen LogP contribution in [0.25, 0.3) is 33.0 Å². The van der Waals surface area contributed by atoms with Gasteiger partial charge in [-0.25, -0.2) is 4.79 Å². The van der Waals surface area contributed by atoms with E-state index in [-0.39, 0.29) is 6.42 Å². The van der Waals surface area contributed by atoms with Gasteiger partial charge in [0.25, 0.3) is 0 Å². The van der Waals surface area contributed by atoms with Crippen molar-refractivity contribution >= 4 is 51.0 Å². The van der Waals surface area contributed by atoms with Crippen molar-refractivity contribution in [2.24, 2.45) is 0 Å². The number of anilines is 1. The predicted octanol–water partition coefficient (Wildman–Crippen LogP) is 6.94. The molecule has 9 heteroatoms. The molecule has 5 aromatic rings. The summed E-state index contributed by atoms with van der Waals surface area (Å²) in [6, 6.07) is 18.3. The average Bonchev–Trinajstić information content (AvgIpc) is 3.22. The minimum atomic E-state index is -0.883. The van der Waals surface area contributed by atoms with Gasteiger partial charge in [0.05, 0.1) is 11.9 Å². The van der Waals surface area contributed by atoms with Gasteiger partial charge in [0.1, 0.15) is 17.5 Å². The first-order valence-electron chi connectivity index (χ1n) is 11.5. The molecule has 37 heavy (non-hydrogen) atoms. The molecule has 0 saturated heterocycles. The molecule has 186 valence electrons. The van der Waals surface area contributed by atoms with E-state index in [1.807, 2.05) is 42.5 Å². The fraction of sp³-hybridized carbons (Fsp3) is 0.143. The lowest BCUT2D eigenvalue weighted by Crippen LogP contribution is -2.17. The number of rotatable bonds is 6. The van der Waals surface area contributed by atoms with E-state index in [0.29, 0.717) is 44.4 Å². The number of hydrogen-bond donors (Lipinski definition) is 2. The number of aryl methyl sites for hydroxylation is 1. The summed E-state index contributed by atoms with van der Waals surface area (Å²) in [5, 5.41) is 19.1. The van der Waals surface area contributed by atoms with Crippen molar-refractivity contribution in [2.45, 2.75) is 26.4 Å². The van der Waals surface area contributed by atoms with Gasteiger partial charge in [0.2, 0.25) is 0 Å². The van der Waals surface area contributed by atoms with Gasteiger partial charge >= 0.3 is 12.1 Å². The van der Waals surface area contributed by atoms with Gasteiger partial charge in [0, 0.05) is 33.1 Å². The van der Waals surface area contributed by atoms with Crippen LogP contribution in [0.3, 0.4) is 0 Å². The molecular weight excluding hydrogens is 494 g/mol. The van der Waals surface area contributed by atoms with Crippen LogP contribution in [0.4, 0.5) is 10.5 Å². The molecule has 8 nitrogen and oxygen atoms in total. The molecule has 0 radical (unpaired) electrons. The largest absolute Gasteiger partial charge is 0.481 e. The number of pyridine rings is 1. The smallest absolute Gasteiger partial charge is 0.412 e. The Morgan fingerprint density at radius 2 is 1.89 bits per heavy atom. The minimum Gasteiger partial charge on any atom is -0.481 e. The molecule has 1 amide bonds. The summed E-state index contributed by atoms with van der Waals surface area (Å²) in [6.45, 7) is 3.47. The number of carbonyl (C=O) groups excluding carboxylic acids is 1. The molecule has 0 spiro atoms. The van der Waals surface area contributed by atoms with Crippen LogP contribution in [-0.4, -0.2) is 27.3 Å². The lowest BCUT2D eigenvalue weighted by Gasteiger charge is -2.15. The molecule has 0 saturated carbocycles. The number of benzene rings is 3. The number of nitrogens with one attached hydrogen (secondary N) is 1. The van der Waals surface area contributed by atoms with Crippen molar-refractivity contribution in [3.05, 3.63) is 88.7 Å². The Labute approximate surface area is 216 Å². The van der Waals surface area contributed by atoms with Crippen LogP contribution < -0.4 is 5.32 Å². The molecule has 0 fully saturated rings. The lowest BCUT2D eigenvalue weighted by molar-refractivity contribution is -0.136. The van der Waals surface area contributed by atoms with E-state index in [9.17, 15) is 9.59 Å². The minimum absolute atomic E-state index is 0.0485. The maximum atomic E-state index is 12.7. The van der Waals surface area contributed by atoms with Gasteiger partial charge in [-0.2, -0.15) is 0 Å². The molecule has 2 N–H and O–H groups in total. The molecule has 1 atom stereocenters. The van der Waals surface area contributed by atoms with Crippen molar-refractivity contribution in [1.29, 1.82) is 0 Å². The number of ether oxygens (including phenoxy) is 1. The molecule has 0 aliphatic rings. The monoisotopic (exact) mass is 515 g/mol. The zero-order chi connectivity index (χ0) is 26.1. The van der Waals surface area contributed by atoms with Crippen LogP contribution in [0.1, 0.15) is 29.8 Å². The van der Waals surface area contributed by atoms with Gasteiger partial charge < -0.3 is 14.4 Å². The van der Waals surface area contributed by atoms with Crippen LogP contribution >= 0.6 is 11.6 Å². The summed E-state index contributed by atoms with van der Waals surface area (Å²) in [5.41, 5.74) is 3.69.